The number of piperazine rings is 1. The SMILES string of the molecule is Cc1ccc(CCN(C(=O)C2=C(c3ccc(CCCOc4c(F)ccc(F)c4F)cc3)CC3CNCC2N3)C2CC2)cc1. The van der Waals surface area contributed by atoms with Crippen LogP contribution in [0.4, 0.5) is 13.2 Å². The van der Waals surface area contributed by atoms with Gasteiger partial charge in [-0.1, -0.05) is 54.1 Å². The molecule has 2 aliphatic heterocycles. The predicted octanol–water partition coefficient (Wildman–Crippen LogP) is 5.74. The number of hydrogen-bond donors (Lipinski definition) is 2. The van der Waals surface area contributed by atoms with Gasteiger partial charge in [-0.15, -0.1) is 0 Å². The monoisotopic (exact) mass is 589 g/mol. The molecule has 2 atom stereocenters. The van der Waals surface area contributed by atoms with Crippen LogP contribution in [0, 0.1) is 24.4 Å². The molecule has 3 aliphatic rings. The van der Waals surface area contributed by atoms with Crippen molar-refractivity contribution in [2.75, 3.05) is 26.2 Å². The van der Waals surface area contributed by atoms with Crippen LogP contribution < -0.4 is 15.4 Å². The number of amides is 1. The van der Waals surface area contributed by atoms with Crippen LogP contribution in [0.5, 0.6) is 5.75 Å². The molecule has 0 radical (unpaired) electrons. The topological polar surface area (TPSA) is 53.6 Å². The maximum atomic E-state index is 14.3. The Balaban J connectivity index is 1.16. The van der Waals surface area contributed by atoms with Gasteiger partial charge in [-0.3, -0.25) is 4.79 Å². The highest BCUT2D eigenvalue weighted by Gasteiger charge is 2.40. The third-order valence-electron chi connectivity index (χ3n) is 8.70. The first-order valence-corrected chi connectivity index (χ1v) is 15.3. The Morgan fingerprint density at radius 2 is 1.60 bits per heavy atom. The first-order valence-electron chi connectivity index (χ1n) is 15.3. The minimum atomic E-state index is -1.31. The van der Waals surface area contributed by atoms with E-state index in [0.717, 1.165) is 73.2 Å². The van der Waals surface area contributed by atoms with Gasteiger partial charge >= 0.3 is 0 Å². The lowest BCUT2D eigenvalue weighted by atomic mass is 9.83. The van der Waals surface area contributed by atoms with Crippen molar-refractivity contribution in [3.8, 4) is 5.75 Å². The van der Waals surface area contributed by atoms with Crippen LogP contribution in [0.2, 0.25) is 0 Å². The van der Waals surface area contributed by atoms with Gasteiger partial charge in [0.15, 0.2) is 17.4 Å². The Labute approximate surface area is 251 Å². The molecule has 43 heavy (non-hydrogen) atoms. The zero-order chi connectivity index (χ0) is 29.9. The summed E-state index contributed by atoms with van der Waals surface area (Å²) in [5, 5.41) is 7.19. The number of nitrogens with zero attached hydrogens (tertiary/aromatic N) is 1. The van der Waals surface area contributed by atoms with E-state index in [1.54, 1.807) is 0 Å². The van der Waals surface area contributed by atoms with E-state index in [4.69, 9.17) is 4.74 Å². The van der Waals surface area contributed by atoms with Crippen molar-refractivity contribution in [1.82, 2.24) is 15.5 Å². The summed E-state index contributed by atoms with van der Waals surface area (Å²) in [7, 11) is 0. The number of ether oxygens (including phenoxy) is 1. The van der Waals surface area contributed by atoms with Crippen LogP contribution in [0.1, 0.15) is 47.9 Å². The van der Waals surface area contributed by atoms with E-state index in [0.29, 0.717) is 25.4 Å². The van der Waals surface area contributed by atoms with Crippen LogP contribution in [-0.2, 0) is 17.6 Å². The summed E-state index contributed by atoms with van der Waals surface area (Å²) in [6.07, 6.45) is 4.86. The van der Waals surface area contributed by atoms with E-state index < -0.39 is 23.2 Å². The van der Waals surface area contributed by atoms with Gasteiger partial charge in [0.1, 0.15) is 0 Å². The average Bonchev–Trinajstić information content (AvgIpc) is 3.85. The van der Waals surface area contributed by atoms with Crippen molar-refractivity contribution in [2.24, 2.45) is 0 Å². The van der Waals surface area contributed by atoms with Crippen molar-refractivity contribution in [3.63, 3.8) is 0 Å². The summed E-state index contributed by atoms with van der Waals surface area (Å²) < 4.78 is 46.3. The Morgan fingerprint density at radius 3 is 2.35 bits per heavy atom. The number of fused-ring (bicyclic) bond motifs is 2. The van der Waals surface area contributed by atoms with E-state index in [-0.39, 0.29) is 24.6 Å². The molecule has 2 unspecified atom stereocenters. The van der Waals surface area contributed by atoms with Crippen molar-refractivity contribution in [2.45, 2.75) is 63.6 Å². The first kappa shape index (κ1) is 29.5. The maximum absolute atomic E-state index is 14.3. The maximum Gasteiger partial charge on any atom is 0.251 e. The Bertz CT molecular complexity index is 1490. The number of carbonyl (C=O) groups excluding carboxylic acids is 1. The molecule has 3 aromatic rings. The molecule has 3 aromatic carbocycles. The standard InChI is InChI=1S/C35H38F3N3O2/c1-22-4-6-24(7-5-22)16-17-41(27-12-13-27)35(42)32-28(19-26-20-39-21-31(32)40-26)25-10-8-23(9-11-25)3-2-18-43-34-30(37)15-14-29(36)33(34)38/h4-11,14-15,26-27,31,39-40H,2-3,12-13,16-21H2,1H3. The number of hydrogen-bond acceptors (Lipinski definition) is 4. The molecule has 226 valence electrons. The fourth-order valence-corrected chi connectivity index (χ4v) is 6.20. The normalized spacial score (nSPS) is 19.8. The first-order chi connectivity index (χ1) is 20.9. The molecule has 1 aliphatic carbocycles. The van der Waals surface area contributed by atoms with Crippen molar-refractivity contribution >= 4 is 11.5 Å². The molecule has 8 heteroatoms. The van der Waals surface area contributed by atoms with Gasteiger partial charge in [0.2, 0.25) is 5.82 Å². The minimum absolute atomic E-state index is 0.0314. The summed E-state index contributed by atoms with van der Waals surface area (Å²) >= 11 is 0. The molecular weight excluding hydrogens is 551 g/mol. The third kappa shape index (κ3) is 6.81. The third-order valence-corrected chi connectivity index (χ3v) is 8.70. The summed E-state index contributed by atoms with van der Waals surface area (Å²) in [4.78, 5) is 16.4. The summed E-state index contributed by atoms with van der Waals surface area (Å²) in [5.74, 6) is -3.89. The molecule has 2 heterocycles. The molecule has 2 bridgehead atoms. The second-order valence-corrected chi connectivity index (χ2v) is 12.0. The lowest BCUT2D eigenvalue weighted by molar-refractivity contribution is -0.128. The van der Waals surface area contributed by atoms with E-state index in [1.165, 1.54) is 11.1 Å². The Kier molecular flexibility index (Phi) is 8.86. The number of rotatable bonds is 11. The van der Waals surface area contributed by atoms with Gasteiger partial charge in [0.05, 0.1) is 12.6 Å². The molecule has 5 nitrogen and oxygen atoms in total. The zero-order valence-corrected chi connectivity index (χ0v) is 24.5. The van der Waals surface area contributed by atoms with Crippen LogP contribution in [0.3, 0.4) is 0 Å². The summed E-state index contributed by atoms with van der Waals surface area (Å²) in [5.41, 5.74) is 6.57. The van der Waals surface area contributed by atoms with Crippen LogP contribution in [0.15, 0.2) is 66.2 Å². The van der Waals surface area contributed by atoms with Gasteiger partial charge in [-0.2, -0.15) is 4.39 Å². The van der Waals surface area contributed by atoms with Crippen molar-refractivity contribution in [1.29, 1.82) is 0 Å². The number of carbonyl (C=O) groups is 1. The van der Waals surface area contributed by atoms with Crippen LogP contribution >= 0.6 is 0 Å². The highest BCUT2D eigenvalue weighted by atomic mass is 19.2. The lowest BCUT2D eigenvalue weighted by Gasteiger charge is -2.41. The van der Waals surface area contributed by atoms with E-state index in [9.17, 15) is 18.0 Å². The molecule has 0 aromatic heterocycles. The molecule has 2 N–H and O–H groups in total. The van der Waals surface area contributed by atoms with Gasteiger partial charge in [0.25, 0.3) is 5.91 Å². The van der Waals surface area contributed by atoms with Crippen molar-refractivity contribution < 1.29 is 22.7 Å². The molecule has 0 spiro atoms. The molecule has 1 amide bonds. The highest BCUT2D eigenvalue weighted by molar-refractivity contribution is 6.03. The lowest BCUT2D eigenvalue weighted by Crippen LogP contribution is -2.60. The Hall–Kier alpha value is -3.62. The second-order valence-electron chi connectivity index (χ2n) is 12.0. The second kappa shape index (κ2) is 12.9. The fourth-order valence-electron chi connectivity index (χ4n) is 6.20. The van der Waals surface area contributed by atoms with Gasteiger partial charge in [0, 0.05) is 37.3 Å². The van der Waals surface area contributed by atoms with Crippen LogP contribution in [0.25, 0.3) is 5.57 Å². The molecule has 1 saturated carbocycles. The largest absolute Gasteiger partial charge is 0.488 e. The highest BCUT2D eigenvalue weighted by Crippen LogP contribution is 2.36. The Morgan fingerprint density at radius 1 is 0.907 bits per heavy atom. The quantitative estimate of drug-likeness (QED) is 0.221. The number of benzene rings is 3. The van der Waals surface area contributed by atoms with E-state index in [2.05, 4.69) is 58.9 Å². The molecule has 2 fully saturated rings. The van der Waals surface area contributed by atoms with Gasteiger partial charge in [-0.25, -0.2) is 8.78 Å². The summed E-state index contributed by atoms with van der Waals surface area (Å²) in [6.45, 7) is 4.44. The van der Waals surface area contributed by atoms with Gasteiger partial charge in [-0.05, 0) is 79.8 Å². The summed E-state index contributed by atoms with van der Waals surface area (Å²) in [6, 6.07) is 18.9. The molecule has 1 saturated heterocycles. The van der Waals surface area contributed by atoms with E-state index >= 15 is 0 Å². The van der Waals surface area contributed by atoms with E-state index in [1.807, 2.05) is 12.1 Å². The number of halogens is 3. The number of aryl methyl sites for hydroxylation is 2. The zero-order valence-electron chi connectivity index (χ0n) is 24.5. The van der Waals surface area contributed by atoms with Crippen LogP contribution in [-0.4, -0.2) is 55.2 Å². The average molecular weight is 590 g/mol. The van der Waals surface area contributed by atoms with Crippen molar-refractivity contribution in [3.05, 3.63) is 106 Å². The predicted molar refractivity (Wildman–Crippen MR) is 161 cm³/mol. The minimum Gasteiger partial charge on any atom is -0.488 e. The molecular formula is C35H38F3N3O2. The fraction of sp³-hybridized carbons (Fsp3) is 0.400. The molecule has 6 rings (SSSR count). The van der Waals surface area contributed by atoms with Gasteiger partial charge < -0.3 is 20.3 Å². The smallest absolute Gasteiger partial charge is 0.251 e. The number of nitrogens with one attached hydrogen (secondary N) is 2.